The molecule has 2 aromatic rings. The molecule has 2 rings (SSSR count). The van der Waals surface area contributed by atoms with E-state index in [0.29, 0.717) is 6.42 Å². The van der Waals surface area contributed by atoms with E-state index in [9.17, 15) is 4.79 Å². The Bertz CT molecular complexity index is 568. The number of Topliss-reactive ketones (excluding diaryl/α,β-unsaturated/α-hetero) is 1. The molecule has 0 aliphatic heterocycles. The fourth-order valence-electron chi connectivity index (χ4n) is 2.09. The summed E-state index contributed by atoms with van der Waals surface area (Å²) in [5.41, 5.74) is 2.04. The Labute approximate surface area is 128 Å². The summed E-state index contributed by atoms with van der Waals surface area (Å²) < 4.78 is 1.09. The first-order valence-electron chi connectivity index (χ1n) is 6.66. The maximum atomic E-state index is 12.0. The molecule has 0 saturated heterocycles. The molecule has 0 amide bonds. The first kappa shape index (κ1) is 14.9. The van der Waals surface area contributed by atoms with E-state index in [2.05, 4.69) is 33.0 Å². The lowest BCUT2D eigenvalue weighted by atomic mass is 10.1. The van der Waals surface area contributed by atoms with Gasteiger partial charge in [0, 0.05) is 29.5 Å². The predicted molar refractivity (Wildman–Crippen MR) is 85.9 cm³/mol. The molecule has 104 valence electrons. The summed E-state index contributed by atoms with van der Waals surface area (Å²) in [6, 6.07) is 17.7. The quantitative estimate of drug-likeness (QED) is 0.741. The van der Waals surface area contributed by atoms with E-state index < -0.39 is 0 Å². The van der Waals surface area contributed by atoms with Crippen LogP contribution in [0.25, 0.3) is 0 Å². The average Bonchev–Trinajstić information content (AvgIpc) is 2.46. The van der Waals surface area contributed by atoms with Crippen molar-refractivity contribution in [2.24, 2.45) is 0 Å². The second kappa shape index (κ2) is 7.36. The lowest BCUT2D eigenvalue weighted by Crippen LogP contribution is -2.21. The van der Waals surface area contributed by atoms with Gasteiger partial charge >= 0.3 is 0 Å². The molecule has 20 heavy (non-hydrogen) atoms. The number of hydrogen-bond donors (Lipinski definition) is 0. The minimum atomic E-state index is 0.201. The van der Waals surface area contributed by atoms with Crippen LogP contribution in [0.5, 0.6) is 0 Å². The Morgan fingerprint density at radius 3 is 2.55 bits per heavy atom. The average molecular weight is 332 g/mol. The van der Waals surface area contributed by atoms with Gasteiger partial charge in [-0.2, -0.15) is 0 Å². The summed E-state index contributed by atoms with van der Waals surface area (Å²) in [6.45, 7) is 1.61. The lowest BCUT2D eigenvalue weighted by molar-refractivity contribution is 0.0968. The molecule has 0 saturated carbocycles. The molecule has 0 aliphatic rings. The van der Waals surface area contributed by atoms with Gasteiger partial charge in [-0.3, -0.25) is 4.79 Å². The molecule has 0 aliphatic carbocycles. The van der Waals surface area contributed by atoms with Crippen molar-refractivity contribution in [1.82, 2.24) is 4.90 Å². The minimum absolute atomic E-state index is 0.201. The van der Waals surface area contributed by atoms with Crippen LogP contribution < -0.4 is 0 Å². The molecule has 2 aromatic carbocycles. The maximum Gasteiger partial charge on any atom is 0.164 e. The molecule has 0 unspecified atom stereocenters. The zero-order chi connectivity index (χ0) is 14.4. The van der Waals surface area contributed by atoms with Gasteiger partial charge in [-0.25, -0.2) is 0 Å². The Kier molecular flexibility index (Phi) is 5.50. The summed E-state index contributed by atoms with van der Waals surface area (Å²) in [6.07, 6.45) is 0.550. The van der Waals surface area contributed by atoms with Crippen LogP contribution in [-0.4, -0.2) is 24.3 Å². The van der Waals surface area contributed by atoms with Crippen molar-refractivity contribution in [1.29, 1.82) is 0 Å². The standard InChI is InChI=1S/C17H18BrNO/c1-19(13-14-6-5-9-16(18)12-14)11-10-17(20)15-7-3-2-4-8-15/h2-9,12H,10-11,13H2,1H3. The van der Waals surface area contributed by atoms with Crippen LogP contribution in [0.2, 0.25) is 0 Å². The first-order chi connectivity index (χ1) is 9.65. The highest BCUT2D eigenvalue weighted by atomic mass is 79.9. The van der Waals surface area contributed by atoms with Crippen molar-refractivity contribution in [2.45, 2.75) is 13.0 Å². The predicted octanol–water partition coefficient (Wildman–Crippen LogP) is 4.15. The van der Waals surface area contributed by atoms with Crippen LogP contribution in [0, 0.1) is 0 Å². The highest BCUT2D eigenvalue weighted by Gasteiger charge is 2.07. The molecular formula is C17H18BrNO. The lowest BCUT2D eigenvalue weighted by Gasteiger charge is -2.16. The number of halogens is 1. The van der Waals surface area contributed by atoms with Gasteiger partial charge < -0.3 is 4.90 Å². The van der Waals surface area contributed by atoms with Crippen LogP contribution >= 0.6 is 15.9 Å². The van der Waals surface area contributed by atoms with Gasteiger partial charge in [-0.1, -0.05) is 58.4 Å². The number of hydrogen-bond acceptors (Lipinski definition) is 2. The number of benzene rings is 2. The molecule has 0 bridgehead atoms. The Morgan fingerprint density at radius 1 is 1.10 bits per heavy atom. The summed E-state index contributed by atoms with van der Waals surface area (Å²) in [5.74, 6) is 0.201. The van der Waals surface area contributed by atoms with Crippen molar-refractivity contribution < 1.29 is 4.79 Å². The van der Waals surface area contributed by atoms with E-state index in [0.717, 1.165) is 23.1 Å². The van der Waals surface area contributed by atoms with Gasteiger partial charge in [0.2, 0.25) is 0 Å². The molecular weight excluding hydrogens is 314 g/mol. The Morgan fingerprint density at radius 2 is 1.85 bits per heavy atom. The Hall–Kier alpha value is -1.45. The van der Waals surface area contributed by atoms with Crippen LogP contribution in [0.1, 0.15) is 22.3 Å². The normalized spacial score (nSPS) is 10.8. The molecule has 2 nitrogen and oxygen atoms in total. The van der Waals surface area contributed by atoms with Gasteiger partial charge in [-0.15, -0.1) is 0 Å². The SMILES string of the molecule is CN(CCC(=O)c1ccccc1)Cc1cccc(Br)c1. The summed E-state index contributed by atoms with van der Waals surface area (Å²) in [5, 5.41) is 0. The van der Waals surface area contributed by atoms with E-state index in [1.165, 1.54) is 5.56 Å². The van der Waals surface area contributed by atoms with E-state index in [-0.39, 0.29) is 5.78 Å². The van der Waals surface area contributed by atoms with E-state index in [1.54, 1.807) is 0 Å². The third-order valence-corrected chi connectivity index (χ3v) is 3.65. The van der Waals surface area contributed by atoms with Crippen molar-refractivity contribution in [2.75, 3.05) is 13.6 Å². The van der Waals surface area contributed by atoms with E-state index in [1.807, 2.05) is 49.5 Å². The monoisotopic (exact) mass is 331 g/mol. The molecule has 0 aromatic heterocycles. The van der Waals surface area contributed by atoms with Crippen LogP contribution in [0.15, 0.2) is 59.1 Å². The van der Waals surface area contributed by atoms with Crippen molar-refractivity contribution in [3.8, 4) is 0 Å². The zero-order valence-electron chi connectivity index (χ0n) is 11.6. The number of rotatable bonds is 6. The van der Waals surface area contributed by atoms with Gasteiger partial charge in [0.15, 0.2) is 5.78 Å². The topological polar surface area (TPSA) is 20.3 Å². The molecule has 0 spiro atoms. The van der Waals surface area contributed by atoms with Gasteiger partial charge in [0.25, 0.3) is 0 Å². The highest BCUT2D eigenvalue weighted by Crippen LogP contribution is 2.13. The molecule has 0 atom stereocenters. The number of ketones is 1. The fraction of sp³-hybridized carbons (Fsp3) is 0.235. The van der Waals surface area contributed by atoms with Crippen molar-refractivity contribution >= 4 is 21.7 Å². The molecule has 0 radical (unpaired) electrons. The smallest absolute Gasteiger partial charge is 0.164 e. The van der Waals surface area contributed by atoms with Crippen molar-refractivity contribution in [3.05, 3.63) is 70.2 Å². The third kappa shape index (κ3) is 4.58. The van der Waals surface area contributed by atoms with Crippen molar-refractivity contribution in [3.63, 3.8) is 0 Å². The second-order valence-corrected chi connectivity index (χ2v) is 5.82. The first-order valence-corrected chi connectivity index (χ1v) is 7.45. The molecule has 0 fully saturated rings. The fourth-order valence-corrected chi connectivity index (χ4v) is 2.53. The number of carbonyl (C=O) groups excluding carboxylic acids is 1. The highest BCUT2D eigenvalue weighted by molar-refractivity contribution is 9.10. The maximum absolute atomic E-state index is 12.0. The third-order valence-electron chi connectivity index (χ3n) is 3.16. The zero-order valence-corrected chi connectivity index (χ0v) is 13.1. The van der Waals surface area contributed by atoms with Gasteiger partial charge in [0.1, 0.15) is 0 Å². The van der Waals surface area contributed by atoms with E-state index >= 15 is 0 Å². The number of carbonyl (C=O) groups is 1. The molecule has 0 heterocycles. The summed E-state index contributed by atoms with van der Waals surface area (Å²) in [4.78, 5) is 14.2. The van der Waals surface area contributed by atoms with Gasteiger partial charge in [0.05, 0.1) is 0 Å². The van der Waals surface area contributed by atoms with Crippen LogP contribution in [-0.2, 0) is 6.54 Å². The van der Waals surface area contributed by atoms with E-state index in [4.69, 9.17) is 0 Å². The second-order valence-electron chi connectivity index (χ2n) is 4.91. The summed E-state index contributed by atoms with van der Waals surface area (Å²) in [7, 11) is 2.04. The number of nitrogens with zero attached hydrogens (tertiary/aromatic N) is 1. The molecule has 3 heteroatoms. The van der Waals surface area contributed by atoms with Gasteiger partial charge in [-0.05, 0) is 24.7 Å². The largest absolute Gasteiger partial charge is 0.302 e. The van der Waals surface area contributed by atoms with Crippen LogP contribution in [0.4, 0.5) is 0 Å². The van der Waals surface area contributed by atoms with Crippen LogP contribution in [0.3, 0.4) is 0 Å². The Balaban J connectivity index is 1.83. The minimum Gasteiger partial charge on any atom is -0.302 e. The summed E-state index contributed by atoms with van der Waals surface area (Å²) >= 11 is 3.47. The molecule has 0 N–H and O–H groups in total.